The van der Waals surface area contributed by atoms with Crippen LogP contribution in [0.15, 0.2) is 23.1 Å². The molecule has 0 saturated carbocycles. The summed E-state index contributed by atoms with van der Waals surface area (Å²) in [6, 6.07) is 2.34. The molecule has 1 fully saturated rings. The molecule has 5 nitrogen and oxygen atoms in total. The molecule has 1 heterocycles. The number of hydrogen-bond acceptors (Lipinski definition) is 4. The second-order valence-corrected chi connectivity index (χ2v) is 7.57. The molecule has 0 radical (unpaired) electrons. The largest absolute Gasteiger partial charge is 0.339 e. The van der Waals surface area contributed by atoms with Crippen molar-refractivity contribution in [2.24, 2.45) is 0 Å². The van der Waals surface area contributed by atoms with E-state index in [0.29, 0.717) is 11.8 Å². The highest BCUT2D eigenvalue weighted by molar-refractivity contribution is 7.99. The Balaban J connectivity index is 2.13. The van der Waals surface area contributed by atoms with Gasteiger partial charge in [-0.3, -0.25) is 4.79 Å². The number of halogens is 2. The minimum absolute atomic E-state index is 0.0542. The molecule has 9 heteroatoms. The first kappa shape index (κ1) is 17.2. The summed E-state index contributed by atoms with van der Waals surface area (Å²) in [5.74, 6) is -1.51. The third-order valence-electron chi connectivity index (χ3n) is 3.37. The molecule has 0 unspecified atom stereocenters. The quantitative estimate of drug-likeness (QED) is 0.818. The Labute approximate surface area is 132 Å². The van der Waals surface area contributed by atoms with Crippen LogP contribution in [0, 0.1) is 11.6 Å². The first-order valence-corrected chi connectivity index (χ1v) is 9.41. The van der Waals surface area contributed by atoms with Crippen molar-refractivity contribution in [1.29, 1.82) is 0 Å². The fourth-order valence-corrected chi connectivity index (χ4v) is 4.13. The van der Waals surface area contributed by atoms with Crippen molar-refractivity contribution in [3.8, 4) is 0 Å². The van der Waals surface area contributed by atoms with Crippen LogP contribution in [0.4, 0.5) is 8.78 Å². The highest BCUT2D eigenvalue weighted by Gasteiger charge is 2.32. The zero-order valence-corrected chi connectivity index (χ0v) is 13.6. The van der Waals surface area contributed by atoms with Gasteiger partial charge in [-0.05, 0) is 24.5 Å². The topological polar surface area (TPSA) is 57.7 Å². The van der Waals surface area contributed by atoms with Gasteiger partial charge >= 0.3 is 0 Å². The molecule has 1 aromatic rings. The Morgan fingerprint density at radius 1 is 1.23 bits per heavy atom. The molecule has 1 saturated heterocycles. The van der Waals surface area contributed by atoms with Crippen LogP contribution >= 0.6 is 11.8 Å². The maximum Gasteiger partial charge on any atom is 0.246 e. The minimum Gasteiger partial charge on any atom is -0.339 e. The highest BCUT2D eigenvalue weighted by Crippen LogP contribution is 2.21. The fraction of sp³-hybridized carbons (Fsp3) is 0.462. The van der Waals surface area contributed by atoms with E-state index >= 15 is 0 Å². The summed E-state index contributed by atoms with van der Waals surface area (Å²) in [4.78, 5) is 12.7. The van der Waals surface area contributed by atoms with E-state index in [1.54, 1.807) is 4.90 Å². The highest BCUT2D eigenvalue weighted by atomic mass is 32.2. The lowest BCUT2D eigenvalue weighted by molar-refractivity contribution is -0.129. The summed E-state index contributed by atoms with van der Waals surface area (Å²) in [5.41, 5.74) is 0. The number of nitrogens with zero attached hydrogens (tertiary/aromatic N) is 2. The van der Waals surface area contributed by atoms with Crippen molar-refractivity contribution in [1.82, 2.24) is 9.21 Å². The molecule has 0 N–H and O–H groups in total. The van der Waals surface area contributed by atoms with Crippen LogP contribution in [0.5, 0.6) is 0 Å². The van der Waals surface area contributed by atoms with Crippen LogP contribution < -0.4 is 0 Å². The van der Waals surface area contributed by atoms with E-state index < -0.39 is 26.6 Å². The van der Waals surface area contributed by atoms with Crippen molar-refractivity contribution >= 4 is 27.7 Å². The average Bonchev–Trinajstić information content (AvgIpc) is 2.50. The second kappa shape index (κ2) is 6.93. The summed E-state index contributed by atoms with van der Waals surface area (Å²) in [5, 5.41) is 0. The van der Waals surface area contributed by atoms with Crippen LogP contribution in [0.2, 0.25) is 0 Å². The molecule has 1 aromatic carbocycles. The molecule has 0 atom stereocenters. The van der Waals surface area contributed by atoms with E-state index in [1.807, 2.05) is 6.26 Å². The third-order valence-corrected chi connectivity index (χ3v) is 5.82. The van der Waals surface area contributed by atoms with Crippen LogP contribution in [-0.4, -0.2) is 61.7 Å². The number of carbonyl (C=O) groups excluding carboxylic acids is 1. The third kappa shape index (κ3) is 3.58. The zero-order valence-electron chi connectivity index (χ0n) is 12.0. The number of hydrogen-bond donors (Lipinski definition) is 0. The van der Waals surface area contributed by atoms with Crippen molar-refractivity contribution in [2.75, 3.05) is 38.2 Å². The predicted octanol–water partition coefficient (Wildman–Crippen LogP) is 1.16. The lowest BCUT2D eigenvalue weighted by Crippen LogP contribution is -2.51. The Kier molecular flexibility index (Phi) is 5.41. The van der Waals surface area contributed by atoms with Gasteiger partial charge < -0.3 is 4.90 Å². The van der Waals surface area contributed by atoms with E-state index in [2.05, 4.69) is 0 Å². The van der Waals surface area contributed by atoms with Crippen molar-refractivity contribution in [2.45, 2.75) is 4.90 Å². The maximum atomic E-state index is 13.7. The monoisotopic (exact) mass is 350 g/mol. The zero-order chi connectivity index (χ0) is 16.3. The van der Waals surface area contributed by atoms with Gasteiger partial charge in [-0.1, -0.05) is 0 Å². The molecule has 0 bridgehead atoms. The van der Waals surface area contributed by atoms with Gasteiger partial charge in [0, 0.05) is 26.2 Å². The van der Waals surface area contributed by atoms with Crippen LogP contribution in [0.1, 0.15) is 0 Å². The fourth-order valence-electron chi connectivity index (χ4n) is 2.21. The smallest absolute Gasteiger partial charge is 0.246 e. The van der Waals surface area contributed by atoms with Gasteiger partial charge in [-0.15, -0.1) is 0 Å². The Morgan fingerprint density at radius 3 is 2.45 bits per heavy atom. The molecule has 1 amide bonds. The van der Waals surface area contributed by atoms with Crippen LogP contribution in [0.25, 0.3) is 0 Å². The molecule has 0 aromatic heterocycles. The van der Waals surface area contributed by atoms with Gasteiger partial charge in [-0.25, -0.2) is 17.2 Å². The number of thioether (sulfide) groups is 1. The number of amides is 1. The summed E-state index contributed by atoms with van der Waals surface area (Å²) in [6.07, 6.45) is 1.81. The normalized spacial score (nSPS) is 16.8. The van der Waals surface area contributed by atoms with Crippen molar-refractivity contribution in [3.63, 3.8) is 0 Å². The Morgan fingerprint density at radius 2 is 1.86 bits per heavy atom. The van der Waals surface area contributed by atoms with Gasteiger partial charge in [0.1, 0.15) is 16.5 Å². The van der Waals surface area contributed by atoms with E-state index in [0.717, 1.165) is 16.4 Å². The van der Waals surface area contributed by atoms with Gasteiger partial charge in [0.2, 0.25) is 15.9 Å². The molecule has 0 spiro atoms. The Bertz CT molecular complexity index is 659. The second-order valence-electron chi connectivity index (χ2n) is 4.79. The lowest BCUT2D eigenvalue weighted by atomic mass is 10.3. The number of rotatable bonds is 4. The van der Waals surface area contributed by atoms with Crippen molar-refractivity contribution < 1.29 is 22.0 Å². The number of sulfonamides is 1. The van der Waals surface area contributed by atoms with Gasteiger partial charge in [0.05, 0.1) is 5.75 Å². The molecule has 0 aliphatic carbocycles. The molecular formula is C13H16F2N2O3S2. The van der Waals surface area contributed by atoms with Gasteiger partial charge in [0.25, 0.3) is 0 Å². The van der Waals surface area contributed by atoms with Gasteiger partial charge in [0.15, 0.2) is 0 Å². The Hall–Kier alpha value is -1.19. The first-order chi connectivity index (χ1) is 10.4. The standard InChI is InChI=1S/C13H16F2N2O3S2/c1-21-9-13(18)16-4-6-17(7-5-16)22(19,20)12-8-10(14)2-3-11(12)15/h2-3,8H,4-7,9H2,1H3. The summed E-state index contributed by atoms with van der Waals surface area (Å²) < 4.78 is 52.7. The van der Waals surface area contributed by atoms with E-state index in [4.69, 9.17) is 0 Å². The van der Waals surface area contributed by atoms with E-state index in [-0.39, 0.29) is 32.1 Å². The minimum atomic E-state index is -4.10. The number of piperazine rings is 1. The summed E-state index contributed by atoms with van der Waals surface area (Å²) >= 11 is 1.40. The molecular weight excluding hydrogens is 334 g/mol. The molecule has 122 valence electrons. The van der Waals surface area contributed by atoms with Crippen molar-refractivity contribution in [3.05, 3.63) is 29.8 Å². The number of carbonyl (C=O) groups is 1. The van der Waals surface area contributed by atoms with Crippen LogP contribution in [-0.2, 0) is 14.8 Å². The SMILES string of the molecule is CSCC(=O)N1CCN(S(=O)(=O)c2cc(F)ccc2F)CC1. The first-order valence-electron chi connectivity index (χ1n) is 6.58. The summed E-state index contributed by atoms with van der Waals surface area (Å²) in [7, 11) is -4.10. The van der Waals surface area contributed by atoms with E-state index in [9.17, 15) is 22.0 Å². The maximum absolute atomic E-state index is 13.7. The average molecular weight is 350 g/mol. The molecule has 1 aliphatic rings. The molecule has 2 rings (SSSR count). The lowest BCUT2D eigenvalue weighted by Gasteiger charge is -2.34. The predicted molar refractivity (Wildman–Crippen MR) is 80.1 cm³/mol. The summed E-state index contributed by atoms with van der Waals surface area (Å²) in [6.45, 7) is 0.627. The van der Waals surface area contributed by atoms with Crippen LogP contribution in [0.3, 0.4) is 0 Å². The number of benzene rings is 1. The van der Waals surface area contributed by atoms with Gasteiger partial charge in [-0.2, -0.15) is 16.1 Å². The molecule has 1 aliphatic heterocycles. The molecule has 22 heavy (non-hydrogen) atoms. The van der Waals surface area contributed by atoms with E-state index in [1.165, 1.54) is 11.8 Å².